The van der Waals surface area contributed by atoms with Gasteiger partial charge in [-0.15, -0.1) is 0 Å². The fourth-order valence-electron chi connectivity index (χ4n) is 12.8. The molecule has 0 aliphatic carbocycles. The van der Waals surface area contributed by atoms with E-state index >= 15 is 0 Å². The molecule has 0 saturated heterocycles. The number of esters is 1. The van der Waals surface area contributed by atoms with Gasteiger partial charge in [0.15, 0.2) is 0 Å². The number of ether oxygens (including phenoxy) is 1. The number of hydrogen-bond donors (Lipinski definition) is 3. The summed E-state index contributed by atoms with van der Waals surface area (Å²) in [5, 5.41) is 23.3. The first kappa shape index (κ1) is 86.1. The maximum Gasteiger partial charge on any atom is 0.305 e. The molecule has 0 aliphatic heterocycles. The Bertz CT molecular complexity index is 1430. The summed E-state index contributed by atoms with van der Waals surface area (Å²) in [6.45, 7) is 4.94. The quantitative estimate of drug-likeness (QED) is 0.0320. The van der Waals surface area contributed by atoms with Gasteiger partial charge in [-0.3, -0.25) is 9.59 Å². The molecule has 0 bridgehead atoms. The van der Waals surface area contributed by atoms with Crippen molar-refractivity contribution in [1.82, 2.24) is 5.32 Å². The molecule has 0 aliphatic rings. The molecule has 520 valence electrons. The monoisotopic (exact) mass is 1240 g/mol. The largest absolute Gasteiger partial charge is 0.466 e. The highest BCUT2D eigenvalue weighted by Crippen LogP contribution is 2.20. The van der Waals surface area contributed by atoms with Crippen molar-refractivity contribution in [2.45, 2.75) is 463 Å². The van der Waals surface area contributed by atoms with Gasteiger partial charge in [-0.05, 0) is 64.2 Å². The zero-order chi connectivity index (χ0) is 63.5. The van der Waals surface area contributed by atoms with Crippen molar-refractivity contribution >= 4 is 11.9 Å². The predicted molar refractivity (Wildman–Crippen MR) is 389 cm³/mol. The second-order valence-corrected chi connectivity index (χ2v) is 27.8. The van der Waals surface area contributed by atoms with Crippen molar-refractivity contribution in [1.29, 1.82) is 0 Å². The summed E-state index contributed by atoms with van der Waals surface area (Å²) in [5.74, 6) is -0.0467. The van der Waals surface area contributed by atoms with Crippen molar-refractivity contribution in [2.24, 2.45) is 0 Å². The van der Waals surface area contributed by atoms with Gasteiger partial charge in [0, 0.05) is 12.8 Å². The van der Waals surface area contributed by atoms with Crippen LogP contribution in [0.4, 0.5) is 0 Å². The summed E-state index contributed by atoms with van der Waals surface area (Å²) in [6.07, 6.45) is 101. The molecule has 2 unspecified atom stereocenters. The third kappa shape index (κ3) is 73.1. The number of unbranched alkanes of at least 4 members (excludes halogenated alkanes) is 61. The van der Waals surface area contributed by atoms with Gasteiger partial charge < -0.3 is 20.3 Å². The van der Waals surface area contributed by atoms with Crippen LogP contribution < -0.4 is 5.32 Å². The second-order valence-electron chi connectivity index (χ2n) is 27.8. The van der Waals surface area contributed by atoms with Crippen molar-refractivity contribution in [3.8, 4) is 0 Å². The van der Waals surface area contributed by atoms with Gasteiger partial charge in [0.1, 0.15) is 0 Å². The number of hydrogen-bond acceptors (Lipinski definition) is 5. The van der Waals surface area contributed by atoms with E-state index < -0.39 is 12.1 Å². The lowest BCUT2D eigenvalue weighted by Crippen LogP contribution is -2.45. The lowest BCUT2D eigenvalue weighted by atomic mass is 10.0. The molecule has 0 saturated carbocycles. The molecule has 0 fully saturated rings. The lowest BCUT2D eigenvalue weighted by Gasteiger charge is -2.20. The molecule has 0 radical (unpaired) electrons. The molecule has 0 aromatic heterocycles. The number of amides is 1. The highest BCUT2D eigenvalue weighted by atomic mass is 16.5. The Balaban J connectivity index is 3.36. The van der Waals surface area contributed by atoms with Crippen LogP contribution in [0.1, 0.15) is 450 Å². The molecule has 6 heteroatoms. The average Bonchev–Trinajstić information content (AvgIpc) is 3.58. The van der Waals surface area contributed by atoms with Crippen molar-refractivity contribution < 1.29 is 24.5 Å². The standard InChI is InChI=1S/C82H157NO5/c1-3-5-7-9-11-13-15-17-19-21-23-24-25-33-36-39-42-46-50-54-58-62-66-70-74-80(85)79(78-84)83-81(86)75-71-67-63-59-55-51-47-43-40-37-34-31-29-27-26-28-30-32-35-38-41-45-49-53-57-61-65-69-73-77-88-82(87)76-72-68-64-60-56-52-48-44-22-20-18-16-14-12-10-8-6-4-2/h14,16,20,22,70,74,79-80,84-85H,3-13,15,17-19,21,23-69,71-73,75-78H2,1-2H3,(H,83,86)/b16-14-,22-20-,74-70+. The summed E-state index contributed by atoms with van der Waals surface area (Å²) in [4.78, 5) is 24.7. The van der Waals surface area contributed by atoms with E-state index in [2.05, 4.69) is 43.5 Å². The van der Waals surface area contributed by atoms with Gasteiger partial charge in [-0.25, -0.2) is 0 Å². The summed E-state index contributed by atoms with van der Waals surface area (Å²) >= 11 is 0. The highest BCUT2D eigenvalue weighted by Gasteiger charge is 2.18. The average molecular weight is 1240 g/mol. The van der Waals surface area contributed by atoms with E-state index in [1.165, 1.54) is 372 Å². The zero-order valence-corrected chi connectivity index (χ0v) is 59.7. The Kier molecular flexibility index (Phi) is 75.8. The minimum absolute atomic E-state index is 0.0127. The maximum absolute atomic E-state index is 12.6. The number of aliphatic hydroxyl groups is 2. The fourth-order valence-corrected chi connectivity index (χ4v) is 12.8. The summed E-state index contributed by atoms with van der Waals surface area (Å²) in [6, 6.07) is -0.627. The Labute approximate surface area is 551 Å². The topological polar surface area (TPSA) is 95.9 Å². The Morgan fingerprint density at radius 3 is 0.875 bits per heavy atom. The van der Waals surface area contributed by atoms with E-state index in [-0.39, 0.29) is 18.5 Å². The van der Waals surface area contributed by atoms with E-state index in [1.54, 1.807) is 6.08 Å². The number of carbonyl (C=O) groups excluding carboxylic acids is 2. The predicted octanol–water partition coefficient (Wildman–Crippen LogP) is 26.6. The van der Waals surface area contributed by atoms with Gasteiger partial charge in [0.25, 0.3) is 0 Å². The smallest absolute Gasteiger partial charge is 0.305 e. The second kappa shape index (κ2) is 77.5. The SMILES string of the molecule is CCCCCC/C=C\C/C=C\CCCCCCCCCC(=O)OCCCCCCCCCCCCCCCCCCCCCCCCCCCCCCCC(=O)NC(CO)C(O)/C=C/CCCCCCCCCCCCCCCCCCCCCCCC. The number of aliphatic hydroxyl groups excluding tert-OH is 2. The van der Waals surface area contributed by atoms with Crippen molar-refractivity contribution in [3.63, 3.8) is 0 Å². The van der Waals surface area contributed by atoms with E-state index in [4.69, 9.17) is 4.74 Å². The first-order valence-electron chi connectivity index (χ1n) is 40.3. The molecule has 88 heavy (non-hydrogen) atoms. The molecule has 0 aromatic carbocycles. The molecule has 0 spiro atoms. The Morgan fingerprint density at radius 2 is 0.568 bits per heavy atom. The molecule has 3 N–H and O–H groups in total. The summed E-state index contributed by atoms with van der Waals surface area (Å²) in [7, 11) is 0. The van der Waals surface area contributed by atoms with Crippen LogP contribution in [0.2, 0.25) is 0 Å². The van der Waals surface area contributed by atoms with Crippen LogP contribution in [0.15, 0.2) is 36.5 Å². The van der Waals surface area contributed by atoms with Crippen LogP contribution >= 0.6 is 0 Å². The van der Waals surface area contributed by atoms with Crippen LogP contribution in [-0.4, -0.2) is 47.4 Å². The molecular weight excluding hydrogens is 1080 g/mol. The van der Waals surface area contributed by atoms with Gasteiger partial charge in [0.05, 0.1) is 25.4 Å². The fraction of sp³-hybridized carbons (Fsp3) is 0.902. The maximum atomic E-state index is 12.6. The zero-order valence-electron chi connectivity index (χ0n) is 59.7. The van der Waals surface area contributed by atoms with Crippen LogP contribution in [0.25, 0.3) is 0 Å². The molecular formula is C82H157NO5. The molecule has 0 heterocycles. The normalized spacial score (nSPS) is 12.6. The first-order valence-corrected chi connectivity index (χ1v) is 40.3. The number of rotatable bonds is 76. The lowest BCUT2D eigenvalue weighted by molar-refractivity contribution is -0.143. The Hall–Kier alpha value is -1.92. The first-order chi connectivity index (χ1) is 43.5. The van der Waals surface area contributed by atoms with E-state index in [0.717, 1.165) is 51.4 Å². The van der Waals surface area contributed by atoms with Crippen LogP contribution in [0.5, 0.6) is 0 Å². The molecule has 1 amide bonds. The molecule has 0 rings (SSSR count). The van der Waals surface area contributed by atoms with Crippen molar-refractivity contribution in [2.75, 3.05) is 13.2 Å². The number of nitrogens with one attached hydrogen (secondary N) is 1. The van der Waals surface area contributed by atoms with Gasteiger partial charge in [0.2, 0.25) is 5.91 Å². The van der Waals surface area contributed by atoms with Gasteiger partial charge >= 0.3 is 5.97 Å². The van der Waals surface area contributed by atoms with E-state index in [1.807, 2.05) is 6.08 Å². The minimum Gasteiger partial charge on any atom is -0.466 e. The van der Waals surface area contributed by atoms with Crippen molar-refractivity contribution in [3.05, 3.63) is 36.5 Å². The molecule has 6 nitrogen and oxygen atoms in total. The van der Waals surface area contributed by atoms with E-state index in [0.29, 0.717) is 19.4 Å². The summed E-state index contributed by atoms with van der Waals surface area (Å²) in [5.41, 5.74) is 0. The third-order valence-electron chi connectivity index (χ3n) is 18.9. The van der Waals surface area contributed by atoms with Gasteiger partial charge in [-0.2, -0.15) is 0 Å². The van der Waals surface area contributed by atoms with Crippen LogP contribution in [0.3, 0.4) is 0 Å². The Morgan fingerprint density at radius 1 is 0.318 bits per heavy atom. The molecule has 0 aromatic rings. The van der Waals surface area contributed by atoms with Crippen LogP contribution in [-0.2, 0) is 14.3 Å². The molecule has 2 atom stereocenters. The third-order valence-corrected chi connectivity index (χ3v) is 18.9. The minimum atomic E-state index is -0.844. The van der Waals surface area contributed by atoms with Gasteiger partial charge in [-0.1, -0.05) is 410 Å². The number of allylic oxidation sites excluding steroid dienone is 5. The summed E-state index contributed by atoms with van der Waals surface area (Å²) < 4.78 is 5.51. The highest BCUT2D eigenvalue weighted by molar-refractivity contribution is 5.76. The number of carbonyl (C=O) groups is 2. The van der Waals surface area contributed by atoms with Crippen LogP contribution in [0, 0.1) is 0 Å². The van der Waals surface area contributed by atoms with E-state index in [9.17, 15) is 19.8 Å².